The summed E-state index contributed by atoms with van der Waals surface area (Å²) in [5.41, 5.74) is 6.21. The smallest absolute Gasteiger partial charge is 0.182 e. The van der Waals surface area contributed by atoms with Gasteiger partial charge in [-0.3, -0.25) is 4.98 Å². The Kier molecular flexibility index (Phi) is 5.74. The lowest BCUT2D eigenvalue weighted by Gasteiger charge is -2.12. The molecular weight excluding hydrogens is 552 g/mol. The number of pyridine rings is 1. The molecule has 210 valence electrons. The van der Waals surface area contributed by atoms with E-state index < -0.39 is 0 Å². The van der Waals surface area contributed by atoms with Crippen LogP contribution in [0.1, 0.15) is 0 Å². The molecule has 5 nitrogen and oxygen atoms in total. The molecule has 0 spiro atoms. The molecule has 0 unspecified atom stereocenters. The van der Waals surface area contributed by atoms with Gasteiger partial charge in [-0.2, -0.15) is 0 Å². The molecule has 0 amide bonds. The minimum Gasteiger partial charge on any atom is -0.455 e. The summed E-state index contributed by atoms with van der Waals surface area (Å²) < 4.78 is 6.37. The zero-order chi connectivity index (χ0) is 29.7. The first-order chi connectivity index (χ1) is 22.3. The van der Waals surface area contributed by atoms with E-state index in [1.54, 1.807) is 6.20 Å². The predicted molar refractivity (Wildman–Crippen MR) is 182 cm³/mol. The van der Waals surface area contributed by atoms with Crippen LogP contribution in [0.4, 0.5) is 0 Å². The standard InChI is InChI=1S/C40H24N4O/c1-2-14-29-25(10-1)21-22-26-11-8-16-30(36(26)29)27-12-7-13-28(24-27)38-42-39(44-40(43-38)34-19-5-6-23-41-34)33-18-9-17-32-31-15-3-4-20-35(31)45-37(32)33/h1-24H. The third kappa shape index (κ3) is 4.25. The largest absolute Gasteiger partial charge is 0.455 e. The number of fused-ring (bicyclic) bond motifs is 6. The zero-order valence-electron chi connectivity index (χ0n) is 24.1. The van der Waals surface area contributed by atoms with E-state index in [9.17, 15) is 0 Å². The third-order valence-corrected chi connectivity index (χ3v) is 8.38. The first kappa shape index (κ1) is 25.3. The van der Waals surface area contributed by atoms with Crippen LogP contribution < -0.4 is 0 Å². The molecular formula is C40H24N4O. The van der Waals surface area contributed by atoms with Gasteiger partial charge in [0.15, 0.2) is 17.5 Å². The maximum Gasteiger partial charge on any atom is 0.182 e. The van der Waals surface area contributed by atoms with Crippen molar-refractivity contribution >= 4 is 43.5 Å². The van der Waals surface area contributed by atoms with Crippen LogP contribution in [0.15, 0.2) is 150 Å². The molecule has 0 aliphatic heterocycles. The molecule has 0 atom stereocenters. The van der Waals surface area contributed by atoms with E-state index in [0.717, 1.165) is 44.2 Å². The van der Waals surface area contributed by atoms with Gasteiger partial charge in [0.05, 0.1) is 5.56 Å². The highest BCUT2D eigenvalue weighted by Crippen LogP contribution is 2.38. The fraction of sp³-hybridized carbons (Fsp3) is 0. The Morgan fingerprint density at radius 2 is 1.13 bits per heavy atom. The molecule has 0 bridgehead atoms. The number of furan rings is 1. The highest BCUT2D eigenvalue weighted by atomic mass is 16.3. The minimum atomic E-state index is 0.505. The van der Waals surface area contributed by atoms with Gasteiger partial charge in [0, 0.05) is 22.5 Å². The second-order valence-electron chi connectivity index (χ2n) is 11.1. The minimum absolute atomic E-state index is 0.505. The number of hydrogen-bond donors (Lipinski definition) is 0. The van der Waals surface area contributed by atoms with Crippen molar-refractivity contribution in [2.24, 2.45) is 0 Å². The summed E-state index contributed by atoms with van der Waals surface area (Å²) in [5.74, 6) is 1.61. The summed E-state index contributed by atoms with van der Waals surface area (Å²) in [6, 6.07) is 47.8. The van der Waals surface area contributed by atoms with Crippen molar-refractivity contribution in [1.82, 2.24) is 19.9 Å². The summed E-state index contributed by atoms with van der Waals surface area (Å²) in [7, 11) is 0. The van der Waals surface area contributed by atoms with Gasteiger partial charge >= 0.3 is 0 Å². The molecule has 0 aliphatic carbocycles. The number of para-hydroxylation sites is 2. The van der Waals surface area contributed by atoms with Crippen molar-refractivity contribution in [3.05, 3.63) is 146 Å². The highest BCUT2D eigenvalue weighted by molar-refractivity contribution is 6.14. The molecule has 9 aromatic rings. The summed E-state index contributed by atoms with van der Waals surface area (Å²) in [6.45, 7) is 0. The Morgan fingerprint density at radius 3 is 2.07 bits per heavy atom. The number of hydrogen-bond acceptors (Lipinski definition) is 5. The summed E-state index contributed by atoms with van der Waals surface area (Å²) in [5, 5.41) is 6.97. The fourth-order valence-electron chi connectivity index (χ4n) is 6.28. The van der Waals surface area contributed by atoms with Crippen molar-refractivity contribution in [2.75, 3.05) is 0 Å². The van der Waals surface area contributed by atoms with Crippen LogP contribution in [0.3, 0.4) is 0 Å². The van der Waals surface area contributed by atoms with Crippen LogP contribution in [-0.2, 0) is 0 Å². The summed E-state index contributed by atoms with van der Waals surface area (Å²) in [6.07, 6.45) is 1.75. The molecule has 0 N–H and O–H groups in total. The van der Waals surface area contributed by atoms with Gasteiger partial charge in [0.1, 0.15) is 16.9 Å². The Labute approximate surface area is 258 Å². The van der Waals surface area contributed by atoms with Crippen molar-refractivity contribution in [1.29, 1.82) is 0 Å². The second-order valence-corrected chi connectivity index (χ2v) is 11.1. The van der Waals surface area contributed by atoms with Gasteiger partial charge in [0.2, 0.25) is 0 Å². The quantitative estimate of drug-likeness (QED) is 0.195. The highest BCUT2D eigenvalue weighted by Gasteiger charge is 2.18. The van der Waals surface area contributed by atoms with Gasteiger partial charge in [-0.25, -0.2) is 15.0 Å². The van der Waals surface area contributed by atoms with Crippen molar-refractivity contribution in [2.45, 2.75) is 0 Å². The van der Waals surface area contributed by atoms with Crippen LogP contribution in [0.25, 0.3) is 88.9 Å². The second kappa shape index (κ2) is 10.2. The van der Waals surface area contributed by atoms with Crippen LogP contribution in [0.5, 0.6) is 0 Å². The molecule has 0 aliphatic rings. The van der Waals surface area contributed by atoms with Crippen LogP contribution in [-0.4, -0.2) is 19.9 Å². The van der Waals surface area contributed by atoms with E-state index in [0.29, 0.717) is 23.2 Å². The van der Waals surface area contributed by atoms with Gasteiger partial charge < -0.3 is 4.42 Å². The maximum atomic E-state index is 6.37. The number of nitrogens with zero attached hydrogens (tertiary/aromatic N) is 4. The SMILES string of the molecule is c1ccc(-c2nc(-c3cccc(-c4cccc5ccc6ccccc6c45)c3)nc(-c3cccc4c3oc3ccccc34)n2)nc1. The van der Waals surface area contributed by atoms with Crippen LogP contribution in [0.2, 0.25) is 0 Å². The van der Waals surface area contributed by atoms with Crippen molar-refractivity contribution in [3.63, 3.8) is 0 Å². The molecule has 45 heavy (non-hydrogen) atoms. The third-order valence-electron chi connectivity index (χ3n) is 8.38. The van der Waals surface area contributed by atoms with Crippen LogP contribution in [0, 0.1) is 0 Å². The number of aromatic nitrogens is 4. The van der Waals surface area contributed by atoms with E-state index in [4.69, 9.17) is 19.4 Å². The zero-order valence-corrected chi connectivity index (χ0v) is 24.1. The van der Waals surface area contributed by atoms with E-state index in [2.05, 4.69) is 96.0 Å². The van der Waals surface area contributed by atoms with Gasteiger partial charge in [-0.05, 0) is 63.0 Å². The summed E-state index contributed by atoms with van der Waals surface area (Å²) in [4.78, 5) is 19.5. The van der Waals surface area contributed by atoms with Crippen molar-refractivity contribution in [3.8, 4) is 45.4 Å². The molecule has 3 aromatic heterocycles. The normalized spacial score (nSPS) is 11.6. The lowest BCUT2D eigenvalue weighted by Crippen LogP contribution is -2.01. The topological polar surface area (TPSA) is 64.7 Å². The van der Waals surface area contributed by atoms with Crippen molar-refractivity contribution < 1.29 is 4.42 Å². The average molecular weight is 577 g/mol. The van der Waals surface area contributed by atoms with E-state index in [-0.39, 0.29) is 0 Å². The monoisotopic (exact) mass is 576 g/mol. The molecule has 0 radical (unpaired) electrons. The van der Waals surface area contributed by atoms with E-state index in [1.807, 2.05) is 48.5 Å². The Balaban J connectivity index is 1.26. The van der Waals surface area contributed by atoms with Gasteiger partial charge in [-0.15, -0.1) is 0 Å². The first-order valence-corrected chi connectivity index (χ1v) is 14.9. The molecule has 0 fully saturated rings. The van der Waals surface area contributed by atoms with E-state index >= 15 is 0 Å². The maximum absolute atomic E-state index is 6.37. The van der Waals surface area contributed by atoms with Gasteiger partial charge in [0.25, 0.3) is 0 Å². The molecule has 6 aromatic carbocycles. The predicted octanol–water partition coefficient (Wildman–Crippen LogP) is 10.1. The number of rotatable bonds is 4. The molecule has 9 rings (SSSR count). The lowest BCUT2D eigenvalue weighted by molar-refractivity contribution is 0.669. The number of benzene rings is 6. The Morgan fingerprint density at radius 1 is 0.444 bits per heavy atom. The van der Waals surface area contributed by atoms with E-state index in [1.165, 1.54) is 21.5 Å². The molecule has 5 heteroatoms. The van der Waals surface area contributed by atoms with Crippen LogP contribution >= 0.6 is 0 Å². The summed E-state index contributed by atoms with van der Waals surface area (Å²) >= 11 is 0. The lowest BCUT2D eigenvalue weighted by atomic mass is 9.93. The average Bonchev–Trinajstić information content (AvgIpc) is 3.50. The molecule has 0 saturated heterocycles. The fourth-order valence-corrected chi connectivity index (χ4v) is 6.28. The Hall–Kier alpha value is -6.20. The first-order valence-electron chi connectivity index (χ1n) is 14.9. The van der Waals surface area contributed by atoms with Gasteiger partial charge in [-0.1, -0.05) is 109 Å². The Bertz CT molecular complexity index is 2550. The molecule has 0 saturated carbocycles. The molecule has 3 heterocycles.